The van der Waals surface area contributed by atoms with Crippen molar-refractivity contribution in [3.8, 4) is 28.7 Å². The van der Waals surface area contributed by atoms with E-state index in [4.69, 9.17) is 14.2 Å². The second kappa shape index (κ2) is 5.93. The summed E-state index contributed by atoms with van der Waals surface area (Å²) in [5.41, 5.74) is 0.275. The van der Waals surface area contributed by atoms with Gasteiger partial charge < -0.3 is 29.5 Å². The second-order valence-corrected chi connectivity index (χ2v) is 5.29. The number of hydrogen-bond donors (Lipinski definition) is 3. The van der Waals surface area contributed by atoms with Gasteiger partial charge in [-0.25, -0.2) is 0 Å². The number of methoxy groups -OCH3 is 2. The number of carbonyl (C=O) groups is 1. The maximum absolute atomic E-state index is 12.4. The van der Waals surface area contributed by atoms with Crippen molar-refractivity contribution in [3.63, 3.8) is 0 Å². The van der Waals surface area contributed by atoms with Crippen molar-refractivity contribution in [2.24, 2.45) is 0 Å². The van der Waals surface area contributed by atoms with Gasteiger partial charge in [0, 0.05) is 23.8 Å². The first-order valence-corrected chi connectivity index (χ1v) is 7.13. The standard InChI is InChI=1S/C17H16O7/c1-22-9-3-4-10(12(7-9)23-2)17-16(21)15(20)14-11(19)5-8(18)6-13(14)24-17/h3-7,16-19,21H,1-2H3/t16-,17+/m1/s1. The molecule has 2 aromatic rings. The zero-order valence-corrected chi connectivity index (χ0v) is 13.0. The molecule has 0 saturated carbocycles. The fourth-order valence-corrected chi connectivity index (χ4v) is 2.70. The SMILES string of the molecule is COc1ccc([C@@H]2Oc3cc(O)cc(O)c3C(=O)[C@H]2O)c(OC)c1. The van der Waals surface area contributed by atoms with Crippen molar-refractivity contribution >= 4 is 5.78 Å². The van der Waals surface area contributed by atoms with E-state index in [2.05, 4.69) is 0 Å². The number of aliphatic hydroxyl groups is 1. The van der Waals surface area contributed by atoms with E-state index in [1.54, 1.807) is 18.2 Å². The minimum atomic E-state index is -1.53. The van der Waals surface area contributed by atoms with Crippen molar-refractivity contribution in [3.05, 3.63) is 41.5 Å². The van der Waals surface area contributed by atoms with E-state index in [0.717, 1.165) is 6.07 Å². The van der Waals surface area contributed by atoms with E-state index in [0.29, 0.717) is 17.1 Å². The molecule has 0 fully saturated rings. The van der Waals surface area contributed by atoms with Gasteiger partial charge in [-0.3, -0.25) is 4.79 Å². The normalized spacial score (nSPS) is 19.4. The summed E-state index contributed by atoms with van der Waals surface area (Å²) in [5, 5.41) is 29.8. The van der Waals surface area contributed by atoms with Gasteiger partial charge in [-0.1, -0.05) is 0 Å². The lowest BCUT2D eigenvalue weighted by Gasteiger charge is -2.31. The molecule has 3 rings (SSSR count). The van der Waals surface area contributed by atoms with Gasteiger partial charge in [0.15, 0.2) is 12.2 Å². The summed E-state index contributed by atoms with van der Waals surface area (Å²) in [6, 6.07) is 7.09. The Morgan fingerprint density at radius 3 is 2.50 bits per heavy atom. The van der Waals surface area contributed by atoms with Crippen molar-refractivity contribution in [1.29, 1.82) is 0 Å². The first-order chi connectivity index (χ1) is 11.5. The summed E-state index contributed by atoms with van der Waals surface area (Å²) in [4.78, 5) is 12.4. The Labute approximate surface area is 137 Å². The third-order valence-corrected chi connectivity index (χ3v) is 3.87. The van der Waals surface area contributed by atoms with Crippen LogP contribution in [-0.4, -0.2) is 41.4 Å². The highest BCUT2D eigenvalue weighted by atomic mass is 16.5. The van der Waals surface area contributed by atoms with Crippen LogP contribution in [0.2, 0.25) is 0 Å². The van der Waals surface area contributed by atoms with Gasteiger partial charge in [-0.15, -0.1) is 0 Å². The van der Waals surface area contributed by atoms with Gasteiger partial charge in [0.25, 0.3) is 0 Å². The first kappa shape index (κ1) is 15.9. The van der Waals surface area contributed by atoms with E-state index in [-0.39, 0.29) is 17.1 Å². The maximum Gasteiger partial charge on any atom is 0.202 e. The summed E-state index contributed by atoms with van der Waals surface area (Å²) < 4.78 is 16.1. The Morgan fingerprint density at radius 1 is 1.08 bits per heavy atom. The van der Waals surface area contributed by atoms with Crippen molar-refractivity contribution in [1.82, 2.24) is 0 Å². The van der Waals surface area contributed by atoms with Crippen molar-refractivity contribution < 1.29 is 34.3 Å². The molecular weight excluding hydrogens is 316 g/mol. The molecular formula is C17H16O7. The lowest BCUT2D eigenvalue weighted by Crippen LogP contribution is -2.36. The number of phenolic OH excluding ortho intramolecular Hbond substituents is 2. The van der Waals surface area contributed by atoms with E-state index in [1.807, 2.05) is 0 Å². The molecule has 3 N–H and O–H groups in total. The number of Topliss-reactive ketones (excluding diaryl/α,β-unsaturated/α-hetero) is 1. The molecule has 126 valence electrons. The highest BCUT2D eigenvalue weighted by Crippen LogP contribution is 2.43. The van der Waals surface area contributed by atoms with E-state index in [9.17, 15) is 20.1 Å². The Morgan fingerprint density at radius 2 is 1.83 bits per heavy atom. The van der Waals surface area contributed by atoms with Crippen molar-refractivity contribution in [2.75, 3.05) is 14.2 Å². The monoisotopic (exact) mass is 332 g/mol. The third-order valence-electron chi connectivity index (χ3n) is 3.87. The number of hydrogen-bond acceptors (Lipinski definition) is 7. The number of ketones is 1. The highest BCUT2D eigenvalue weighted by Gasteiger charge is 2.40. The van der Waals surface area contributed by atoms with Gasteiger partial charge in [0.2, 0.25) is 5.78 Å². The van der Waals surface area contributed by atoms with Gasteiger partial charge in [-0.05, 0) is 12.1 Å². The molecule has 0 spiro atoms. The number of phenols is 2. The van der Waals surface area contributed by atoms with Gasteiger partial charge in [-0.2, -0.15) is 0 Å². The minimum Gasteiger partial charge on any atom is -0.508 e. The molecule has 24 heavy (non-hydrogen) atoms. The number of ether oxygens (including phenoxy) is 3. The number of carbonyl (C=O) groups excluding carboxylic acids is 1. The van der Waals surface area contributed by atoms with Crippen LogP contribution < -0.4 is 14.2 Å². The Balaban J connectivity index is 2.09. The van der Waals surface area contributed by atoms with Crippen molar-refractivity contribution in [2.45, 2.75) is 12.2 Å². The van der Waals surface area contributed by atoms with Gasteiger partial charge in [0.05, 0.1) is 14.2 Å². The zero-order valence-electron chi connectivity index (χ0n) is 13.0. The number of aromatic hydroxyl groups is 2. The molecule has 0 unspecified atom stereocenters. The van der Waals surface area contributed by atoms with Crippen LogP contribution in [0.4, 0.5) is 0 Å². The predicted octanol–water partition coefficient (Wildman–Crippen LogP) is 1.79. The topological polar surface area (TPSA) is 105 Å². The maximum atomic E-state index is 12.4. The average molecular weight is 332 g/mol. The molecule has 7 heteroatoms. The summed E-state index contributed by atoms with van der Waals surface area (Å²) in [6.07, 6.45) is -2.58. The molecule has 0 amide bonds. The first-order valence-electron chi connectivity index (χ1n) is 7.13. The molecule has 7 nitrogen and oxygen atoms in total. The molecule has 0 aromatic heterocycles. The number of fused-ring (bicyclic) bond motifs is 1. The quantitative estimate of drug-likeness (QED) is 0.787. The highest BCUT2D eigenvalue weighted by molar-refractivity contribution is 6.05. The fraction of sp³-hybridized carbons (Fsp3) is 0.235. The second-order valence-electron chi connectivity index (χ2n) is 5.29. The number of rotatable bonds is 3. The molecule has 2 aromatic carbocycles. The molecule has 2 atom stereocenters. The van der Waals surface area contributed by atoms with E-state index >= 15 is 0 Å². The molecule has 1 aliphatic heterocycles. The average Bonchev–Trinajstić information content (AvgIpc) is 2.56. The van der Waals surface area contributed by atoms with E-state index < -0.39 is 23.7 Å². The Kier molecular flexibility index (Phi) is 3.94. The molecule has 1 heterocycles. The molecule has 1 aliphatic rings. The fourth-order valence-electron chi connectivity index (χ4n) is 2.70. The molecule has 0 bridgehead atoms. The summed E-state index contributed by atoms with van der Waals surface area (Å²) in [6.45, 7) is 0. The third kappa shape index (κ3) is 2.48. The predicted molar refractivity (Wildman–Crippen MR) is 83.0 cm³/mol. The van der Waals surface area contributed by atoms with Crippen LogP contribution >= 0.6 is 0 Å². The molecule has 0 aliphatic carbocycles. The molecule has 0 saturated heterocycles. The van der Waals surface area contributed by atoms with E-state index in [1.165, 1.54) is 20.3 Å². The number of benzene rings is 2. The summed E-state index contributed by atoms with van der Waals surface area (Å²) in [7, 11) is 2.95. The van der Waals surface area contributed by atoms with Crippen LogP contribution in [0.5, 0.6) is 28.7 Å². The number of aliphatic hydroxyl groups excluding tert-OH is 1. The zero-order chi connectivity index (χ0) is 17.4. The minimum absolute atomic E-state index is 0.00864. The van der Waals surface area contributed by atoms with Crippen LogP contribution in [0.15, 0.2) is 30.3 Å². The Bertz CT molecular complexity index is 800. The smallest absolute Gasteiger partial charge is 0.202 e. The van der Waals surface area contributed by atoms with Crippen LogP contribution in [0.1, 0.15) is 22.0 Å². The lowest BCUT2D eigenvalue weighted by atomic mass is 9.92. The summed E-state index contributed by atoms with van der Waals surface area (Å²) in [5.74, 6) is -0.491. The van der Waals surface area contributed by atoms with Crippen LogP contribution in [0.25, 0.3) is 0 Å². The lowest BCUT2D eigenvalue weighted by molar-refractivity contribution is 0.0202. The van der Waals surface area contributed by atoms with Crippen LogP contribution in [0, 0.1) is 0 Å². The van der Waals surface area contributed by atoms with Gasteiger partial charge in [0.1, 0.15) is 34.3 Å². The van der Waals surface area contributed by atoms with Crippen LogP contribution in [0.3, 0.4) is 0 Å². The summed E-state index contributed by atoms with van der Waals surface area (Å²) >= 11 is 0. The largest absolute Gasteiger partial charge is 0.508 e. The van der Waals surface area contributed by atoms with Gasteiger partial charge >= 0.3 is 0 Å². The Hall–Kier alpha value is -2.93. The van der Waals surface area contributed by atoms with Crippen LogP contribution in [-0.2, 0) is 0 Å². The molecule has 0 radical (unpaired) electrons.